The fourth-order valence-electron chi connectivity index (χ4n) is 1.48. The Bertz CT molecular complexity index is 598. The van der Waals surface area contributed by atoms with E-state index in [1.165, 1.54) is 10.8 Å². The number of Topliss-reactive ketones (excluding diaryl/α,β-unsaturated/α-hetero) is 1. The number of halogens is 1. The second-order valence-electron chi connectivity index (χ2n) is 3.39. The third-order valence-electron chi connectivity index (χ3n) is 2.30. The van der Waals surface area contributed by atoms with Gasteiger partial charge < -0.3 is 4.57 Å². The second kappa shape index (κ2) is 4.93. The van der Waals surface area contributed by atoms with Crippen LogP contribution in [0.5, 0.6) is 0 Å². The largest absolute Gasteiger partial charge is 0.315 e. The van der Waals surface area contributed by atoms with Gasteiger partial charge in [0, 0.05) is 22.4 Å². The van der Waals surface area contributed by atoms with E-state index < -0.39 is 0 Å². The van der Waals surface area contributed by atoms with Crippen LogP contribution in [0.2, 0.25) is 0 Å². The van der Waals surface area contributed by atoms with Crippen LogP contribution in [0.3, 0.4) is 0 Å². The molecule has 0 aliphatic rings. The van der Waals surface area contributed by atoms with E-state index in [9.17, 15) is 4.79 Å². The molecule has 1 aromatic carbocycles. The maximum absolute atomic E-state index is 12.0. The molecule has 0 aliphatic carbocycles. The van der Waals surface area contributed by atoms with Crippen LogP contribution in [0.25, 0.3) is 0 Å². The fraction of sp³-hybridized carbons (Fsp3) is 0.0833. The predicted octanol–water partition coefficient (Wildman–Crippen LogP) is 2.40. The molecule has 0 saturated heterocycles. The van der Waals surface area contributed by atoms with Gasteiger partial charge in [0.25, 0.3) is 0 Å². The highest BCUT2D eigenvalue weighted by molar-refractivity contribution is 9.10. The molecule has 0 atom stereocenters. The lowest BCUT2D eigenvalue weighted by Crippen LogP contribution is -2.11. The zero-order valence-electron chi connectivity index (χ0n) is 8.80. The van der Waals surface area contributed by atoms with Crippen molar-refractivity contribution in [3.63, 3.8) is 0 Å². The van der Waals surface area contributed by atoms with E-state index in [1.54, 1.807) is 18.3 Å². The first-order valence-corrected chi connectivity index (χ1v) is 5.70. The van der Waals surface area contributed by atoms with E-state index in [1.807, 2.05) is 18.2 Å². The lowest BCUT2D eigenvalue weighted by Gasteiger charge is -2.04. The third-order valence-corrected chi connectivity index (χ3v) is 3.00. The molecular weight excluding hydrogens is 282 g/mol. The van der Waals surface area contributed by atoms with Crippen LogP contribution in [-0.2, 0) is 6.54 Å². The van der Waals surface area contributed by atoms with Crippen molar-refractivity contribution < 1.29 is 4.79 Å². The number of ketones is 1. The fourth-order valence-corrected chi connectivity index (χ4v) is 1.98. The minimum Gasteiger partial charge on any atom is -0.315 e. The van der Waals surface area contributed by atoms with Gasteiger partial charge >= 0.3 is 0 Å². The van der Waals surface area contributed by atoms with Gasteiger partial charge in [-0.25, -0.2) is 4.98 Å². The standard InChI is InChI=1S/C12H8BrN3O/c13-10-4-2-1-3-9(10)11(17)8-16-6-5-15-12(16)7-14/h1-6H,8H2. The molecule has 0 radical (unpaired) electrons. The molecule has 0 unspecified atom stereocenters. The molecular formula is C12H8BrN3O. The van der Waals surface area contributed by atoms with E-state index in [2.05, 4.69) is 20.9 Å². The summed E-state index contributed by atoms with van der Waals surface area (Å²) in [7, 11) is 0. The van der Waals surface area contributed by atoms with Crippen LogP contribution in [0.15, 0.2) is 41.1 Å². The first-order valence-electron chi connectivity index (χ1n) is 4.91. The maximum atomic E-state index is 12.0. The summed E-state index contributed by atoms with van der Waals surface area (Å²) >= 11 is 3.33. The maximum Gasteiger partial charge on any atom is 0.213 e. The number of imidazole rings is 1. The van der Waals surface area contributed by atoms with Gasteiger partial charge in [0.15, 0.2) is 5.78 Å². The average molecular weight is 290 g/mol. The van der Waals surface area contributed by atoms with Crippen LogP contribution < -0.4 is 0 Å². The first-order chi connectivity index (χ1) is 8.22. The minimum absolute atomic E-state index is 0.0630. The lowest BCUT2D eigenvalue weighted by atomic mass is 10.1. The Kier molecular flexibility index (Phi) is 3.35. The van der Waals surface area contributed by atoms with Crippen molar-refractivity contribution in [3.05, 3.63) is 52.5 Å². The van der Waals surface area contributed by atoms with E-state index in [0.29, 0.717) is 5.56 Å². The normalized spacial score (nSPS) is 9.88. The summed E-state index contributed by atoms with van der Waals surface area (Å²) in [6.07, 6.45) is 3.12. The zero-order valence-corrected chi connectivity index (χ0v) is 10.4. The molecule has 1 aromatic heterocycles. The summed E-state index contributed by atoms with van der Waals surface area (Å²) in [5.41, 5.74) is 0.602. The number of aromatic nitrogens is 2. The van der Waals surface area contributed by atoms with Crippen molar-refractivity contribution in [3.8, 4) is 6.07 Å². The molecule has 5 heteroatoms. The highest BCUT2D eigenvalue weighted by Gasteiger charge is 2.11. The molecule has 2 aromatic rings. The number of carbonyl (C=O) groups excluding carboxylic acids is 1. The van der Waals surface area contributed by atoms with Crippen molar-refractivity contribution in [2.24, 2.45) is 0 Å². The molecule has 0 spiro atoms. The van der Waals surface area contributed by atoms with Gasteiger partial charge in [-0.2, -0.15) is 5.26 Å². The Morgan fingerprint density at radius 1 is 1.47 bits per heavy atom. The van der Waals surface area contributed by atoms with E-state index in [-0.39, 0.29) is 18.2 Å². The number of benzene rings is 1. The first kappa shape index (κ1) is 11.6. The van der Waals surface area contributed by atoms with Crippen molar-refractivity contribution in [1.29, 1.82) is 5.26 Å². The van der Waals surface area contributed by atoms with Gasteiger partial charge in [0.05, 0.1) is 6.54 Å². The Balaban J connectivity index is 2.24. The Morgan fingerprint density at radius 3 is 2.94 bits per heavy atom. The van der Waals surface area contributed by atoms with Gasteiger partial charge in [-0.15, -0.1) is 0 Å². The number of nitriles is 1. The molecule has 1 heterocycles. The molecule has 0 fully saturated rings. The van der Waals surface area contributed by atoms with Crippen molar-refractivity contribution in [2.45, 2.75) is 6.54 Å². The van der Waals surface area contributed by atoms with Gasteiger partial charge in [-0.05, 0) is 6.07 Å². The summed E-state index contributed by atoms with van der Waals surface area (Å²) in [6.45, 7) is 0.117. The topological polar surface area (TPSA) is 58.7 Å². The number of carbonyl (C=O) groups is 1. The van der Waals surface area contributed by atoms with Crippen LogP contribution in [0.1, 0.15) is 16.2 Å². The van der Waals surface area contributed by atoms with Crippen molar-refractivity contribution in [1.82, 2.24) is 9.55 Å². The molecule has 0 bridgehead atoms. The SMILES string of the molecule is N#Cc1nccn1CC(=O)c1ccccc1Br. The van der Waals surface area contributed by atoms with Crippen molar-refractivity contribution >= 4 is 21.7 Å². The summed E-state index contributed by atoms with van der Waals surface area (Å²) in [5, 5.41) is 8.79. The predicted molar refractivity (Wildman–Crippen MR) is 65.4 cm³/mol. The van der Waals surface area contributed by atoms with Crippen LogP contribution in [-0.4, -0.2) is 15.3 Å². The number of hydrogen-bond donors (Lipinski definition) is 0. The van der Waals surface area contributed by atoms with Gasteiger partial charge in [-0.1, -0.05) is 34.1 Å². The molecule has 0 aliphatic heterocycles. The quantitative estimate of drug-likeness (QED) is 0.815. The number of nitrogens with zero attached hydrogens (tertiary/aromatic N) is 3. The third kappa shape index (κ3) is 2.43. The highest BCUT2D eigenvalue weighted by Crippen LogP contribution is 2.17. The van der Waals surface area contributed by atoms with Gasteiger partial charge in [0.1, 0.15) is 6.07 Å². The molecule has 0 amide bonds. The summed E-state index contributed by atoms with van der Waals surface area (Å²) in [5.74, 6) is 0.178. The van der Waals surface area contributed by atoms with Gasteiger partial charge in [0.2, 0.25) is 5.82 Å². The van der Waals surface area contributed by atoms with Crippen LogP contribution >= 0.6 is 15.9 Å². The van der Waals surface area contributed by atoms with E-state index in [0.717, 1.165) is 4.47 Å². The monoisotopic (exact) mass is 289 g/mol. The molecule has 2 rings (SSSR count). The molecule has 84 valence electrons. The molecule has 0 N–H and O–H groups in total. The summed E-state index contributed by atoms with van der Waals surface area (Å²) in [4.78, 5) is 15.9. The van der Waals surface area contributed by atoms with Gasteiger partial charge in [-0.3, -0.25) is 4.79 Å². The molecule has 17 heavy (non-hydrogen) atoms. The highest BCUT2D eigenvalue weighted by atomic mass is 79.9. The second-order valence-corrected chi connectivity index (χ2v) is 4.25. The smallest absolute Gasteiger partial charge is 0.213 e. The summed E-state index contributed by atoms with van der Waals surface area (Å²) in [6, 6.07) is 9.14. The van der Waals surface area contributed by atoms with Crippen molar-refractivity contribution in [2.75, 3.05) is 0 Å². The minimum atomic E-state index is -0.0630. The Morgan fingerprint density at radius 2 is 2.24 bits per heavy atom. The Labute approximate surface area is 107 Å². The number of hydrogen-bond acceptors (Lipinski definition) is 3. The van der Waals surface area contributed by atoms with E-state index in [4.69, 9.17) is 5.26 Å². The molecule has 0 saturated carbocycles. The molecule has 4 nitrogen and oxygen atoms in total. The summed E-state index contributed by atoms with van der Waals surface area (Å²) < 4.78 is 2.28. The lowest BCUT2D eigenvalue weighted by molar-refractivity contribution is 0.0971. The average Bonchev–Trinajstić information content (AvgIpc) is 2.76. The van der Waals surface area contributed by atoms with E-state index >= 15 is 0 Å². The number of rotatable bonds is 3. The zero-order chi connectivity index (χ0) is 12.3. The van der Waals surface area contributed by atoms with Crippen LogP contribution in [0.4, 0.5) is 0 Å². The van der Waals surface area contributed by atoms with Crippen LogP contribution in [0, 0.1) is 11.3 Å². The Hall–Kier alpha value is -1.93.